The Morgan fingerprint density at radius 1 is 1.47 bits per heavy atom. The molecule has 0 bridgehead atoms. The Hall–Kier alpha value is -0.260. The number of thioether (sulfide) groups is 1. The number of ether oxygens (including phenoxy) is 1. The highest BCUT2D eigenvalue weighted by atomic mass is 32.2. The summed E-state index contributed by atoms with van der Waals surface area (Å²) in [6.07, 6.45) is 2.60. The van der Waals surface area contributed by atoms with Crippen LogP contribution in [-0.2, 0) is 9.53 Å². The molecule has 2 aliphatic rings. The second-order valence-electron chi connectivity index (χ2n) is 4.78. The van der Waals surface area contributed by atoms with E-state index in [0.29, 0.717) is 18.5 Å². The van der Waals surface area contributed by atoms with E-state index in [4.69, 9.17) is 4.74 Å². The predicted octanol–water partition coefficient (Wildman–Crippen LogP) is 0.719. The smallest absolute Gasteiger partial charge is 0.224 e. The minimum absolute atomic E-state index is 0.275. The summed E-state index contributed by atoms with van der Waals surface area (Å²) in [4.78, 5) is 14.1. The Bertz CT molecular complexity index is 251. The minimum Gasteiger partial charge on any atom is -0.381 e. The van der Waals surface area contributed by atoms with E-state index < -0.39 is 0 Å². The van der Waals surface area contributed by atoms with E-state index in [1.807, 2.05) is 23.7 Å². The Balaban J connectivity index is 1.77. The van der Waals surface area contributed by atoms with Gasteiger partial charge < -0.3 is 15.0 Å². The van der Waals surface area contributed by atoms with Crippen molar-refractivity contribution in [2.45, 2.75) is 31.3 Å². The quantitative estimate of drug-likeness (QED) is 0.810. The molecule has 1 N–H and O–H groups in total. The predicted molar refractivity (Wildman–Crippen MR) is 70.3 cm³/mol. The van der Waals surface area contributed by atoms with Crippen molar-refractivity contribution in [1.29, 1.82) is 0 Å². The third-order valence-electron chi connectivity index (χ3n) is 3.55. The van der Waals surface area contributed by atoms with Crippen molar-refractivity contribution in [3.8, 4) is 0 Å². The number of hydrogen-bond acceptors (Lipinski definition) is 4. The van der Waals surface area contributed by atoms with Gasteiger partial charge in [0.25, 0.3) is 0 Å². The number of hydrogen-bond donors (Lipinski definition) is 1. The maximum Gasteiger partial charge on any atom is 0.224 e. The van der Waals surface area contributed by atoms with Gasteiger partial charge in [0.1, 0.15) is 0 Å². The Morgan fingerprint density at radius 2 is 2.24 bits per heavy atom. The van der Waals surface area contributed by atoms with Gasteiger partial charge in [-0.2, -0.15) is 11.8 Å². The van der Waals surface area contributed by atoms with Gasteiger partial charge >= 0.3 is 0 Å². The summed E-state index contributed by atoms with van der Waals surface area (Å²) >= 11 is 1.94. The molecule has 0 radical (unpaired) electrons. The van der Waals surface area contributed by atoms with Gasteiger partial charge in [0, 0.05) is 56.8 Å². The van der Waals surface area contributed by atoms with E-state index in [0.717, 1.165) is 38.4 Å². The highest BCUT2D eigenvalue weighted by Crippen LogP contribution is 2.16. The normalized spacial score (nSPS) is 26.8. The van der Waals surface area contributed by atoms with Crippen LogP contribution in [0.4, 0.5) is 0 Å². The second-order valence-corrected chi connectivity index (χ2v) is 5.93. The fraction of sp³-hybridized carbons (Fsp3) is 0.917. The Labute approximate surface area is 107 Å². The van der Waals surface area contributed by atoms with Crippen LogP contribution in [-0.4, -0.2) is 61.2 Å². The van der Waals surface area contributed by atoms with Crippen LogP contribution >= 0.6 is 11.8 Å². The molecule has 2 aliphatic heterocycles. The highest BCUT2D eigenvalue weighted by molar-refractivity contribution is 7.99. The number of amides is 1. The van der Waals surface area contributed by atoms with Crippen LogP contribution in [0.15, 0.2) is 0 Å². The summed E-state index contributed by atoms with van der Waals surface area (Å²) in [6.45, 7) is 2.61. The summed E-state index contributed by atoms with van der Waals surface area (Å²) in [6, 6.07) is 0.746. The molecule has 0 spiro atoms. The van der Waals surface area contributed by atoms with Crippen molar-refractivity contribution in [2.24, 2.45) is 0 Å². The zero-order valence-corrected chi connectivity index (χ0v) is 11.3. The average molecular weight is 258 g/mol. The molecule has 17 heavy (non-hydrogen) atoms. The lowest BCUT2D eigenvalue weighted by Crippen LogP contribution is -2.45. The molecular weight excluding hydrogens is 236 g/mol. The standard InChI is InChI=1S/C12H22N2O2S/c1-14(11-2-5-16-6-3-11)12(15)8-10-9-17-7-4-13-10/h10-11,13H,2-9H2,1H3. The Morgan fingerprint density at radius 3 is 2.88 bits per heavy atom. The molecule has 1 unspecified atom stereocenters. The fourth-order valence-corrected chi connectivity index (χ4v) is 3.33. The lowest BCUT2D eigenvalue weighted by atomic mass is 10.1. The molecule has 0 aromatic heterocycles. The van der Waals surface area contributed by atoms with Crippen LogP contribution < -0.4 is 5.32 Å². The van der Waals surface area contributed by atoms with Crippen molar-refractivity contribution in [3.63, 3.8) is 0 Å². The van der Waals surface area contributed by atoms with Gasteiger partial charge in [0.2, 0.25) is 5.91 Å². The van der Waals surface area contributed by atoms with Gasteiger partial charge in [-0.05, 0) is 12.8 Å². The van der Waals surface area contributed by atoms with E-state index >= 15 is 0 Å². The van der Waals surface area contributed by atoms with Gasteiger partial charge in [0.05, 0.1) is 0 Å². The van der Waals surface area contributed by atoms with E-state index in [-0.39, 0.29) is 5.91 Å². The maximum atomic E-state index is 12.1. The van der Waals surface area contributed by atoms with Crippen LogP contribution in [0.2, 0.25) is 0 Å². The van der Waals surface area contributed by atoms with Crippen LogP contribution in [0.5, 0.6) is 0 Å². The van der Waals surface area contributed by atoms with Crippen molar-refractivity contribution in [2.75, 3.05) is 38.3 Å². The summed E-state index contributed by atoms with van der Waals surface area (Å²) in [5.41, 5.74) is 0. The van der Waals surface area contributed by atoms with Crippen LogP contribution in [0.3, 0.4) is 0 Å². The average Bonchev–Trinajstić information content (AvgIpc) is 2.40. The first kappa shape index (κ1) is 13.2. The zero-order valence-electron chi connectivity index (χ0n) is 10.5. The molecule has 0 saturated carbocycles. The van der Waals surface area contributed by atoms with Crippen LogP contribution in [0.1, 0.15) is 19.3 Å². The lowest BCUT2D eigenvalue weighted by molar-refractivity contribution is -0.134. The monoisotopic (exact) mass is 258 g/mol. The first-order chi connectivity index (χ1) is 8.27. The van der Waals surface area contributed by atoms with E-state index in [2.05, 4.69) is 5.32 Å². The van der Waals surface area contributed by atoms with Gasteiger partial charge in [-0.15, -0.1) is 0 Å². The fourth-order valence-electron chi connectivity index (χ4n) is 2.38. The van der Waals surface area contributed by atoms with Gasteiger partial charge in [-0.25, -0.2) is 0 Å². The number of rotatable bonds is 3. The van der Waals surface area contributed by atoms with Gasteiger partial charge in [-0.3, -0.25) is 4.79 Å². The lowest BCUT2D eigenvalue weighted by Gasteiger charge is -2.33. The van der Waals surface area contributed by atoms with Gasteiger partial charge in [-0.1, -0.05) is 0 Å². The molecule has 4 nitrogen and oxygen atoms in total. The zero-order chi connectivity index (χ0) is 12.1. The van der Waals surface area contributed by atoms with E-state index in [9.17, 15) is 4.79 Å². The third kappa shape index (κ3) is 3.86. The second kappa shape index (κ2) is 6.61. The van der Waals surface area contributed by atoms with Crippen molar-refractivity contribution in [1.82, 2.24) is 10.2 Å². The summed E-state index contributed by atoms with van der Waals surface area (Å²) in [7, 11) is 1.94. The molecule has 2 rings (SSSR count). The van der Waals surface area contributed by atoms with E-state index in [1.54, 1.807) is 0 Å². The highest BCUT2D eigenvalue weighted by Gasteiger charge is 2.25. The molecule has 1 amide bonds. The molecule has 2 heterocycles. The topological polar surface area (TPSA) is 41.6 Å². The van der Waals surface area contributed by atoms with Crippen molar-refractivity contribution in [3.05, 3.63) is 0 Å². The Kier molecular flexibility index (Phi) is 5.13. The maximum absolute atomic E-state index is 12.1. The van der Waals surface area contributed by atoms with Crippen LogP contribution in [0, 0.1) is 0 Å². The summed E-state index contributed by atoms with van der Waals surface area (Å²) < 4.78 is 5.33. The molecule has 0 aromatic rings. The number of nitrogens with one attached hydrogen (secondary N) is 1. The molecule has 1 atom stereocenters. The van der Waals surface area contributed by atoms with E-state index in [1.165, 1.54) is 5.75 Å². The molecule has 2 saturated heterocycles. The number of carbonyl (C=O) groups is 1. The largest absolute Gasteiger partial charge is 0.381 e. The minimum atomic E-state index is 0.275. The molecular formula is C12H22N2O2S. The van der Waals surface area contributed by atoms with Crippen molar-refractivity contribution < 1.29 is 9.53 Å². The summed E-state index contributed by atoms with van der Waals surface area (Å²) in [5, 5.41) is 3.41. The molecule has 5 heteroatoms. The van der Waals surface area contributed by atoms with Crippen LogP contribution in [0.25, 0.3) is 0 Å². The van der Waals surface area contributed by atoms with Gasteiger partial charge in [0.15, 0.2) is 0 Å². The third-order valence-corrected chi connectivity index (χ3v) is 4.68. The summed E-state index contributed by atoms with van der Waals surface area (Å²) in [5.74, 6) is 2.50. The molecule has 0 aliphatic carbocycles. The van der Waals surface area contributed by atoms with Crippen molar-refractivity contribution >= 4 is 17.7 Å². The first-order valence-electron chi connectivity index (χ1n) is 6.42. The molecule has 2 fully saturated rings. The molecule has 0 aromatic carbocycles. The number of nitrogens with zero attached hydrogens (tertiary/aromatic N) is 1. The number of carbonyl (C=O) groups excluding carboxylic acids is 1. The SMILES string of the molecule is CN(C(=O)CC1CSCCN1)C1CCOCC1. The molecule has 98 valence electrons. The first-order valence-corrected chi connectivity index (χ1v) is 7.57.